The van der Waals surface area contributed by atoms with Gasteiger partial charge in [0.25, 0.3) is 0 Å². The molecular weight excluding hydrogens is 204 g/mol. The number of hydrogen-bond acceptors (Lipinski definition) is 3. The van der Waals surface area contributed by atoms with E-state index in [1.807, 2.05) is 6.92 Å². The summed E-state index contributed by atoms with van der Waals surface area (Å²) in [6, 6.07) is 3.27. The SMILES string of the molecule is COC(=O)Nc1cc(Cl)c(N)cc1C. The van der Waals surface area contributed by atoms with Crippen molar-refractivity contribution in [2.45, 2.75) is 6.92 Å². The standard InChI is InChI=1S/C9H11ClN2O2/c1-5-3-7(11)6(10)4-8(5)12-9(13)14-2/h3-4H,11H2,1-2H3,(H,12,13). The molecule has 14 heavy (non-hydrogen) atoms. The van der Waals surface area contributed by atoms with Gasteiger partial charge in [0, 0.05) is 5.69 Å². The second-order valence-electron chi connectivity index (χ2n) is 2.81. The second-order valence-corrected chi connectivity index (χ2v) is 3.21. The van der Waals surface area contributed by atoms with E-state index in [4.69, 9.17) is 17.3 Å². The number of ether oxygens (including phenoxy) is 1. The van der Waals surface area contributed by atoms with Crippen LogP contribution in [0.3, 0.4) is 0 Å². The normalized spacial score (nSPS) is 9.64. The molecule has 0 radical (unpaired) electrons. The van der Waals surface area contributed by atoms with Crippen molar-refractivity contribution in [3.05, 3.63) is 22.7 Å². The zero-order valence-electron chi connectivity index (χ0n) is 7.93. The van der Waals surface area contributed by atoms with Crippen molar-refractivity contribution in [1.29, 1.82) is 0 Å². The third kappa shape index (κ3) is 2.29. The highest BCUT2D eigenvalue weighted by Gasteiger charge is 2.06. The molecule has 3 N–H and O–H groups in total. The van der Waals surface area contributed by atoms with Crippen LogP contribution in [0.1, 0.15) is 5.56 Å². The highest BCUT2D eigenvalue weighted by atomic mass is 35.5. The number of carbonyl (C=O) groups excluding carboxylic acids is 1. The lowest BCUT2D eigenvalue weighted by atomic mass is 10.2. The molecule has 4 nitrogen and oxygen atoms in total. The number of methoxy groups -OCH3 is 1. The lowest BCUT2D eigenvalue weighted by Crippen LogP contribution is -2.12. The minimum Gasteiger partial charge on any atom is -0.453 e. The molecule has 1 rings (SSSR count). The molecule has 0 heterocycles. The first-order valence-electron chi connectivity index (χ1n) is 3.95. The first kappa shape index (κ1) is 10.7. The number of aryl methyl sites for hydroxylation is 1. The number of halogens is 1. The summed E-state index contributed by atoms with van der Waals surface area (Å²) in [6.07, 6.45) is -0.533. The Morgan fingerprint density at radius 1 is 1.57 bits per heavy atom. The molecule has 0 spiro atoms. The number of carbonyl (C=O) groups is 1. The van der Waals surface area contributed by atoms with E-state index < -0.39 is 6.09 Å². The minimum absolute atomic E-state index is 0.405. The topological polar surface area (TPSA) is 64.3 Å². The van der Waals surface area contributed by atoms with E-state index in [-0.39, 0.29) is 0 Å². The number of hydrogen-bond donors (Lipinski definition) is 2. The minimum atomic E-state index is -0.533. The Labute approximate surface area is 87.0 Å². The van der Waals surface area contributed by atoms with Gasteiger partial charge < -0.3 is 10.5 Å². The summed E-state index contributed by atoms with van der Waals surface area (Å²) in [5.41, 5.74) is 7.49. The van der Waals surface area contributed by atoms with E-state index >= 15 is 0 Å². The Balaban J connectivity index is 2.98. The van der Waals surface area contributed by atoms with Crippen LogP contribution in [-0.2, 0) is 4.74 Å². The zero-order chi connectivity index (χ0) is 10.7. The zero-order valence-corrected chi connectivity index (χ0v) is 8.68. The maximum absolute atomic E-state index is 10.9. The fraction of sp³-hybridized carbons (Fsp3) is 0.222. The van der Waals surface area contributed by atoms with Gasteiger partial charge in [-0.15, -0.1) is 0 Å². The van der Waals surface area contributed by atoms with Crippen LogP contribution in [0, 0.1) is 6.92 Å². The lowest BCUT2D eigenvalue weighted by Gasteiger charge is -2.09. The maximum atomic E-state index is 10.9. The Morgan fingerprint density at radius 3 is 2.79 bits per heavy atom. The lowest BCUT2D eigenvalue weighted by molar-refractivity contribution is 0.187. The van der Waals surface area contributed by atoms with Crippen molar-refractivity contribution < 1.29 is 9.53 Å². The van der Waals surface area contributed by atoms with Crippen molar-refractivity contribution >= 4 is 29.1 Å². The molecule has 0 aliphatic heterocycles. The van der Waals surface area contributed by atoms with Gasteiger partial charge in [0.2, 0.25) is 0 Å². The van der Waals surface area contributed by atoms with Gasteiger partial charge in [-0.05, 0) is 24.6 Å². The van der Waals surface area contributed by atoms with Crippen LogP contribution >= 0.6 is 11.6 Å². The quantitative estimate of drug-likeness (QED) is 0.706. The molecule has 1 amide bonds. The van der Waals surface area contributed by atoms with Gasteiger partial charge in [-0.25, -0.2) is 4.79 Å². The molecule has 0 saturated heterocycles. The van der Waals surface area contributed by atoms with Crippen LogP contribution in [0.5, 0.6) is 0 Å². The van der Waals surface area contributed by atoms with E-state index in [1.54, 1.807) is 12.1 Å². The molecule has 0 aromatic heterocycles. The van der Waals surface area contributed by atoms with E-state index in [1.165, 1.54) is 7.11 Å². The average molecular weight is 215 g/mol. The number of anilines is 2. The molecule has 0 fully saturated rings. The molecule has 0 aliphatic carbocycles. The van der Waals surface area contributed by atoms with Crippen LogP contribution in [0.2, 0.25) is 5.02 Å². The van der Waals surface area contributed by atoms with Crippen molar-refractivity contribution in [1.82, 2.24) is 0 Å². The van der Waals surface area contributed by atoms with Crippen LogP contribution in [0.4, 0.5) is 16.2 Å². The third-order valence-corrected chi connectivity index (χ3v) is 2.09. The molecule has 76 valence electrons. The highest BCUT2D eigenvalue weighted by Crippen LogP contribution is 2.26. The summed E-state index contributed by atoms with van der Waals surface area (Å²) in [5, 5.41) is 2.93. The average Bonchev–Trinajstić information content (AvgIpc) is 2.14. The molecule has 5 heteroatoms. The molecule has 0 unspecified atom stereocenters. The first-order valence-corrected chi connectivity index (χ1v) is 4.33. The number of nitrogen functional groups attached to an aromatic ring is 1. The number of nitrogens with one attached hydrogen (secondary N) is 1. The van der Waals surface area contributed by atoms with Gasteiger partial charge in [0.15, 0.2) is 0 Å². The Kier molecular flexibility index (Phi) is 3.19. The third-order valence-electron chi connectivity index (χ3n) is 1.77. The number of nitrogens with two attached hydrogens (primary N) is 1. The summed E-state index contributed by atoms with van der Waals surface area (Å²) in [5.74, 6) is 0. The van der Waals surface area contributed by atoms with Gasteiger partial charge in [0.1, 0.15) is 0 Å². The van der Waals surface area contributed by atoms with Gasteiger partial charge in [0.05, 0.1) is 17.8 Å². The monoisotopic (exact) mass is 214 g/mol. The summed E-state index contributed by atoms with van der Waals surface area (Å²) < 4.78 is 4.45. The van der Waals surface area contributed by atoms with E-state index in [2.05, 4.69) is 10.1 Å². The predicted octanol–water partition coefficient (Wildman–Crippen LogP) is 2.41. The van der Waals surface area contributed by atoms with Crippen molar-refractivity contribution in [3.8, 4) is 0 Å². The molecular formula is C9H11ClN2O2. The number of rotatable bonds is 1. The van der Waals surface area contributed by atoms with Crippen molar-refractivity contribution in [2.75, 3.05) is 18.2 Å². The number of benzene rings is 1. The first-order chi connectivity index (χ1) is 6.54. The Hall–Kier alpha value is -1.42. The van der Waals surface area contributed by atoms with E-state index in [9.17, 15) is 4.79 Å². The fourth-order valence-electron chi connectivity index (χ4n) is 0.999. The van der Waals surface area contributed by atoms with Crippen LogP contribution in [-0.4, -0.2) is 13.2 Å². The second kappa shape index (κ2) is 4.19. The summed E-state index contributed by atoms with van der Waals surface area (Å²) in [4.78, 5) is 10.9. The van der Waals surface area contributed by atoms with Gasteiger partial charge in [-0.1, -0.05) is 11.6 Å². The van der Waals surface area contributed by atoms with E-state index in [0.29, 0.717) is 16.4 Å². The van der Waals surface area contributed by atoms with E-state index in [0.717, 1.165) is 5.56 Å². The van der Waals surface area contributed by atoms with Crippen LogP contribution in [0.15, 0.2) is 12.1 Å². The molecule has 0 saturated carbocycles. The Bertz CT molecular complexity index is 366. The highest BCUT2D eigenvalue weighted by molar-refractivity contribution is 6.33. The van der Waals surface area contributed by atoms with Gasteiger partial charge in [-0.3, -0.25) is 5.32 Å². The fourth-order valence-corrected chi connectivity index (χ4v) is 1.16. The summed E-state index contributed by atoms with van der Waals surface area (Å²) in [7, 11) is 1.30. The molecule has 0 bridgehead atoms. The summed E-state index contributed by atoms with van der Waals surface area (Å²) in [6.45, 7) is 1.82. The molecule has 0 atom stereocenters. The molecule has 1 aromatic carbocycles. The van der Waals surface area contributed by atoms with Crippen molar-refractivity contribution in [3.63, 3.8) is 0 Å². The maximum Gasteiger partial charge on any atom is 0.411 e. The van der Waals surface area contributed by atoms with Crippen LogP contribution in [0.25, 0.3) is 0 Å². The molecule has 0 aliphatic rings. The Morgan fingerprint density at radius 2 is 2.21 bits per heavy atom. The smallest absolute Gasteiger partial charge is 0.411 e. The summed E-state index contributed by atoms with van der Waals surface area (Å²) >= 11 is 5.80. The van der Waals surface area contributed by atoms with Crippen molar-refractivity contribution in [2.24, 2.45) is 0 Å². The predicted molar refractivity (Wildman–Crippen MR) is 56.6 cm³/mol. The number of amides is 1. The van der Waals surface area contributed by atoms with Gasteiger partial charge >= 0.3 is 6.09 Å². The van der Waals surface area contributed by atoms with Crippen LogP contribution < -0.4 is 11.1 Å². The van der Waals surface area contributed by atoms with Gasteiger partial charge in [-0.2, -0.15) is 0 Å². The largest absolute Gasteiger partial charge is 0.453 e. The molecule has 1 aromatic rings.